The van der Waals surface area contributed by atoms with E-state index in [-0.39, 0.29) is 5.91 Å². The van der Waals surface area contributed by atoms with E-state index in [1.54, 1.807) is 24.2 Å². The van der Waals surface area contributed by atoms with Gasteiger partial charge in [0.05, 0.1) is 0 Å². The van der Waals surface area contributed by atoms with Gasteiger partial charge < -0.3 is 10.2 Å². The standard InChI is InChI=1S/C22H23N3O/c1-16-8-7-9-17(2)21(16)24-19-12-13-23-20(14-19)22(26)25(3)15-18-10-5-4-6-11-18/h4-14H,15H2,1-3H3,(H,23,24). The molecular weight excluding hydrogens is 322 g/mol. The van der Waals surface area contributed by atoms with Gasteiger partial charge >= 0.3 is 0 Å². The third-order valence-corrected chi connectivity index (χ3v) is 4.34. The Hall–Kier alpha value is -3.14. The largest absolute Gasteiger partial charge is 0.355 e. The van der Waals surface area contributed by atoms with Gasteiger partial charge in [-0.1, -0.05) is 48.5 Å². The minimum atomic E-state index is -0.0981. The van der Waals surface area contributed by atoms with Crippen molar-refractivity contribution in [1.82, 2.24) is 9.88 Å². The maximum absolute atomic E-state index is 12.7. The fourth-order valence-corrected chi connectivity index (χ4v) is 2.91. The van der Waals surface area contributed by atoms with Crippen LogP contribution in [0.25, 0.3) is 0 Å². The quantitative estimate of drug-likeness (QED) is 0.728. The van der Waals surface area contributed by atoms with Crippen LogP contribution in [0.4, 0.5) is 11.4 Å². The average Bonchev–Trinajstić information content (AvgIpc) is 2.65. The molecular formula is C22H23N3O. The first-order valence-corrected chi connectivity index (χ1v) is 8.63. The van der Waals surface area contributed by atoms with Crippen molar-refractivity contribution in [2.45, 2.75) is 20.4 Å². The van der Waals surface area contributed by atoms with Gasteiger partial charge in [0.2, 0.25) is 0 Å². The van der Waals surface area contributed by atoms with Gasteiger partial charge in [-0.3, -0.25) is 9.78 Å². The lowest BCUT2D eigenvalue weighted by atomic mass is 10.1. The fourth-order valence-electron chi connectivity index (χ4n) is 2.91. The van der Waals surface area contributed by atoms with Gasteiger partial charge in [0.1, 0.15) is 5.69 Å². The van der Waals surface area contributed by atoms with Crippen molar-refractivity contribution < 1.29 is 4.79 Å². The number of hydrogen-bond donors (Lipinski definition) is 1. The van der Waals surface area contributed by atoms with Gasteiger partial charge in [-0.15, -0.1) is 0 Å². The predicted molar refractivity (Wildman–Crippen MR) is 106 cm³/mol. The summed E-state index contributed by atoms with van der Waals surface area (Å²) < 4.78 is 0. The van der Waals surface area contributed by atoms with Gasteiger partial charge in [-0.2, -0.15) is 0 Å². The van der Waals surface area contributed by atoms with Gasteiger partial charge in [0.25, 0.3) is 5.91 Å². The Bertz CT molecular complexity index is 886. The molecule has 0 aliphatic rings. The first-order valence-electron chi connectivity index (χ1n) is 8.63. The van der Waals surface area contributed by atoms with E-state index in [1.807, 2.05) is 42.5 Å². The van der Waals surface area contributed by atoms with Crippen molar-refractivity contribution in [3.63, 3.8) is 0 Å². The molecule has 1 aromatic heterocycles. The zero-order valence-electron chi connectivity index (χ0n) is 15.4. The van der Waals surface area contributed by atoms with Crippen molar-refractivity contribution in [3.8, 4) is 0 Å². The number of benzene rings is 2. The van der Waals surface area contributed by atoms with Crippen LogP contribution in [0.15, 0.2) is 66.9 Å². The number of anilines is 2. The fraction of sp³-hybridized carbons (Fsp3) is 0.182. The highest BCUT2D eigenvalue weighted by Gasteiger charge is 2.14. The molecule has 1 heterocycles. The maximum atomic E-state index is 12.7. The third kappa shape index (κ3) is 4.09. The van der Waals surface area contributed by atoms with Crippen molar-refractivity contribution in [3.05, 3.63) is 89.2 Å². The molecule has 0 radical (unpaired) electrons. The van der Waals surface area contributed by atoms with Crippen molar-refractivity contribution in [2.24, 2.45) is 0 Å². The number of carbonyl (C=O) groups excluding carboxylic acids is 1. The van der Waals surface area contributed by atoms with Crippen LogP contribution in [0, 0.1) is 13.8 Å². The number of aryl methyl sites for hydroxylation is 2. The SMILES string of the molecule is Cc1cccc(C)c1Nc1ccnc(C(=O)N(C)Cc2ccccc2)c1. The molecule has 3 aromatic rings. The van der Waals surface area contributed by atoms with Crippen molar-refractivity contribution >= 4 is 17.3 Å². The molecule has 1 N–H and O–H groups in total. The topological polar surface area (TPSA) is 45.2 Å². The van der Waals surface area contributed by atoms with Crippen molar-refractivity contribution in [2.75, 3.05) is 12.4 Å². The Morgan fingerprint density at radius 1 is 1.00 bits per heavy atom. The number of pyridine rings is 1. The molecule has 26 heavy (non-hydrogen) atoms. The summed E-state index contributed by atoms with van der Waals surface area (Å²) in [6.07, 6.45) is 1.67. The van der Waals surface area contributed by atoms with Gasteiger partial charge in [-0.25, -0.2) is 0 Å². The number of hydrogen-bond acceptors (Lipinski definition) is 3. The number of nitrogens with one attached hydrogen (secondary N) is 1. The van der Waals surface area contributed by atoms with Gasteiger partial charge in [0, 0.05) is 31.2 Å². The minimum absolute atomic E-state index is 0.0981. The Morgan fingerprint density at radius 3 is 2.38 bits per heavy atom. The van der Waals surface area contributed by atoms with E-state index < -0.39 is 0 Å². The zero-order valence-corrected chi connectivity index (χ0v) is 15.4. The highest BCUT2D eigenvalue weighted by molar-refractivity contribution is 5.93. The molecule has 3 rings (SSSR count). The summed E-state index contributed by atoms with van der Waals surface area (Å²) in [4.78, 5) is 18.7. The molecule has 1 amide bonds. The van der Waals surface area contributed by atoms with Gasteiger partial charge in [-0.05, 0) is 42.7 Å². The molecule has 0 saturated carbocycles. The monoisotopic (exact) mass is 345 g/mol. The Balaban J connectivity index is 1.77. The summed E-state index contributed by atoms with van der Waals surface area (Å²) >= 11 is 0. The summed E-state index contributed by atoms with van der Waals surface area (Å²) in [5.41, 5.74) is 5.77. The molecule has 0 aliphatic carbocycles. The lowest BCUT2D eigenvalue weighted by Crippen LogP contribution is -2.27. The van der Waals surface area contributed by atoms with E-state index in [2.05, 4.69) is 36.3 Å². The Labute approximate surface area is 154 Å². The zero-order chi connectivity index (χ0) is 18.5. The maximum Gasteiger partial charge on any atom is 0.272 e. The predicted octanol–water partition coefficient (Wildman–Crippen LogP) is 4.71. The summed E-state index contributed by atoms with van der Waals surface area (Å²) in [5.74, 6) is -0.0981. The van der Waals surface area contributed by atoms with Crippen LogP contribution in [-0.2, 0) is 6.54 Å². The molecule has 0 saturated heterocycles. The van der Waals surface area contributed by atoms with E-state index in [0.717, 1.165) is 28.1 Å². The van der Waals surface area contributed by atoms with Gasteiger partial charge in [0.15, 0.2) is 0 Å². The second-order valence-corrected chi connectivity index (χ2v) is 6.47. The second kappa shape index (κ2) is 7.83. The average molecular weight is 345 g/mol. The van der Waals surface area contributed by atoms with E-state index in [4.69, 9.17) is 0 Å². The second-order valence-electron chi connectivity index (χ2n) is 6.47. The molecule has 0 atom stereocenters. The highest BCUT2D eigenvalue weighted by Crippen LogP contribution is 2.24. The third-order valence-electron chi connectivity index (χ3n) is 4.34. The van der Waals surface area contributed by atoms with Crippen LogP contribution in [0.1, 0.15) is 27.2 Å². The lowest BCUT2D eigenvalue weighted by molar-refractivity contribution is 0.0779. The number of amides is 1. The summed E-state index contributed by atoms with van der Waals surface area (Å²) in [6, 6.07) is 19.8. The molecule has 0 bridgehead atoms. The van der Waals surface area contributed by atoms with Crippen LogP contribution in [-0.4, -0.2) is 22.8 Å². The van der Waals surface area contributed by atoms with E-state index in [9.17, 15) is 4.79 Å². The summed E-state index contributed by atoms with van der Waals surface area (Å²) in [6.45, 7) is 4.68. The van der Waals surface area contributed by atoms with E-state index in [1.165, 1.54) is 0 Å². The van der Waals surface area contributed by atoms with E-state index in [0.29, 0.717) is 12.2 Å². The molecule has 4 nitrogen and oxygen atoms in total. The van der Waals surface area contributed by atoms with Crippen LogP contribution < -0.4 is 5.32 Å². The summed E-state index contributed by atoms with van der Waals surface area (Å²) in [5, 5.41) is 3.41. The normalized spacial score (nSPS) is 10.4. The molecule has 132 valence electrons. The molecule has 0 aliphatic heterocycles. The highest BCUT2D eigenvalue weighted by atomic mass is 16.2. The number of para-hydroxylation sites is 1. The van der Waals surface area contributed by atoms with Crippen molar-refractivity contribution in [1.29, 1.82) is 0 Å². The number of rotatable bonds is 5. The Kier molecular flexibility index (Phi) is 5.32. The molecule has 0 unspecified atom stereocenters. The smallest absolute Gasteiger partial charge is 0.272 e. The lowest BCUT2D eigenvalue weighted by Gasteiger charge is -2.18. The number of nitrogens with zero attached hydrogens (tertiary/aromatic N) is 2. The van der Waals surface area contributed by atoms with Crippen LogP contribution in [0.5, 0.6) is 0 Å². The molecule has 2 aromatic carbocycles. The minimum Gasteiger partial charge on any atom is -0.355 e. The Morgan fingerprint density at radius 2 is 1.69 bits per heavy atom. The molecule has 0 spiro atoms. The van der Waals surface area contributed by atoms with E-state index >= 15 is 0 Å². The number of aromatic nitrogens is 1. The van der Waals surface area contributed by atoms with Crippen LogP contribution >= 0.6 is 0 Å². The first kappa shape index (κ1) is 17.7. The summed E-state index contributed by atoms with van der Waals surface area (Å²) in [7, 11) is 1.79. The number of carbonyl (C=O) groups is 1. The van der Waals surface area contributed by atoms with Crippen LogP contribution in [0.2, 0.25) is 0 Å². The molecule has 4 heteroatoms. The molecule has 0 fully saturated rings. The van der Waals surface area contributed by atoms with Crippen LogP contribution in [0.3, 0.4) is 0 Å². The first-order chi connectivity index (χ1) is 12.5.